The van der Waals surface area contributed by atoms with E-state index in [1.807, 2.05) is 26.8 Å². The fraction of sp³-hybridized carbons (Fsp3) is 0.833. The minimum absolute atomic E-state index is 0.261. The second-order valence-corrected chi connectivity index (χ2v) is 4.85. The van der Waals surface area contributed by atoms with Crippen LogP contribution in [0.15, 0.2) is 12.3 Å². The zero-order chi connectivity index (χ0) is 11.3. The van der Waals surface area contributed by atoms with Crippen LogP contribution < -0.4 is 5.32 Å². The summed E-state index contributed by atoms with van der Waals surface area (Å²) in [5.41, 5.74) is -0.634. The molecule has 0 bridgehead atoms. The van der Waals surface area contributed by atoms with Gasteiger partial charge in [0.2, 0.25) is 0 Å². The summed E-state index contributed by atoms with van der Waals surface area (Å²) < 4.78 is 5.43. The molecule has 0 amide bonds. The Bertz CT molecular complexity index is 212. The van der Waals surface area contributed by atoms with Crippen LogP contribution in [0.25, 0.3) is 0 Å². The van der Waals surface area contributed by atoms with Gasteiger partial charge in [0.25, 0.3) is 0 Å². The van der Waals surface area contributed by atoms with E-state index in [1.165, 1.54) is 0 Å². The van der Waals surface area contributed by atoms with E-state index in [0.29, 0.717) is 6.54 Å². The molecule has 0 spiro atoms. The third kappa shape index (κ3) is 4.22. The summed E-state index contributed by atoms with van der Waals surface area (Å²) in [5.74, 6) is 0.261. The molecule has 3 nitrogen and oxygen atoms in total. The molecule has 1 heterocycles. The van der Waals surface area contributed by atoms with Crippen molar-refractivity contribution in [1.82, 2.24) is 5.32 Å². The Morgan fingerprint density at radius 2 is 2.33 bits per heavy atom. The van der Waals surface area contributed by atoms with E-state index in [-0.39, 0.29) is 12.0 Å². The van der Waals surface area contributed by atoms with Crippen molar-refractivity contribution in [2.75, 3.05) is 13.1 Å². The first-order valence-electron chi connectivity index (χ1n) is 5.76. The first-order chi connectivity index (χ1) is 7.02. The second kappa shape index (κ2) is 5.52. The van der Waals surface area contributed by atoms with Gasteiger partial charge in [-0.1, -0.05) is 13.8 Å². The molecule has 2 unspecified atom stereocenters. The van der Waals surface area contributed by atoms with Gasteiger partial charge in [0.15, 0.2) is 0 Å². The van der Waals surface area contributed by atoms with Gasteiger partial charge in [0.1, 0.15) is 6.10 Å². The summed E-state index contributed by atoms with van der Waals surface area (Å²) >= 11 is 0. The summed E-state index contributed by atoms with van der Waals surface area (Å²) in [6.45, 7) is 7.36. The summed E-state index contributed by atoms with van der Waals surface area (Å²) in [6, 6.07) is 0. The van der Waals surface area contributed by atoms with Crippen molar-refractivity contribution >= 4 is 0 Å². The molecule has 2 N–H and O–H groups in total. The molecule has 2 atom stereocenters. The zero-order valence-corrected chi connectivity index (χ0v) is 9.99. The Hall–Kier alpha value is -0.540. The number of aliphatic hydroxyl groups is 1. The maximum Gasteiger partial charge on any atom is 0.110 e. The van der Waals surface area contributed by atoms with Crippen molar-refractivity contribution in [3.8, 4) is 0 Å². The molecule has 0 aromatic heterocycles. The number of hydrogen-bond acceptors (Lipinski definition) is 3. The molecule has 1 aliphatic rings. The van der Waals surface area contributed by atoms with Gasteiger partial charge in [-0.05, 0) is 31.8 Å². The van der Waals surface area contributed by atoms with E-state index in [0.717, 1.165) is 19.4 Å². The highest BCUT2D eigenvalue weighted by Crippen LogP contribution is 2.15. The SMILES string of the molecule is CC(C)C(C)(O)CNCC1CCC=CO1. The maximum absolute atomic E-state index is 10.0. The van der Waals surface area contributed by atoms with Crippen molar-refractivity contribution in [2.45, 2.75) is 45.3 Å². The topological polar surface area (TPSA) is 41.5 Å². The van der Waals surface area contributed by atoms with E-state index in [1.54, 1.807) is 6.26 Å². The number of ether oxygens (including phenoxy) is 1. The highest BCUT2D eigenvalue weighted by Gasteiger charge is 2.24. The van der Waals surface area contributed by atoms with Gasteiger partial charge < -0.3 is 15.2 Å². The Morgan fingerprint density at radius 3 is 2.87 bits per heavy atom. The molecular weight excluding hydrogens is 190 g/mol. The molecular formula is C12H23NO2. The van der Waals surface area contributed by atoms with E-state index in [9.17, 15) is 5.11 Å². The lowest BCUT2D eigenvalue weighted by Gasteiger charge is -2.29. The van der Waals surface area contributed by atoms with Crippen molar-refractivity contribution in [2.24, 2.45) is 5.92 Å². The number of allylic oxidation sites excluding steroid dienone is 1. The molecule has 0 aromatic carbocycles. The van der Waals surface area contributed by atoms with E-state index in [2.05, 4.69) is 5.32 Å². The summed E-state index contributed by atoms with van der Waals surface area (Å²) in [6.07, 6.45) is 6.23. The van der Waals surface area contributed by atoms with Crippen LogP contribution in [0.1, 0.15) is 33.6 Å². The quantitative estimate of drug-likeness (QED) is 0.730. The summed E-state index contributed by atoms with van der Waals surface area (Å²) in [7, 11) is 0. The average Bonchev–Trinajstić information content (AvgIpc) is 2.19. The van der Waals surface area contributed by atoms with E-state index >= 15 is 0 Å². The number of hydrogen-bond donors (Lipinski definition) is 2. The van der Waals surface area contributed by atoms with Crippen LogP contribution in [0, 0.1) is 5.92 Å². The monoisotopic (exact) mass is 213 g/mol. The van der Waals surface area contributed by atoms with Crippen LogP contribution in [0.3, 0.4) is 0 Å². The largest absolute Gasteiger partial charge is 0.497 e. The van der Waals surface area contributed by atoms with Gasteiger partial charge in [0.05, 0.1) is 11.9 Å². The van der Waals surface area contributed by atoms with Crippen LogP contribution in [0.5, 0.6) is 0 Å². The lowest BCUT2D eigenvalue weighted by atomic mass is 9.92. The Balaban J connectivity index is 2.18. The van der Waals surface area contributed by atoms with Crippen LogP contribution in [-0.2, 0) is 4.74 Å². The predicted molar refractivity (Wildman–Crippen MR) is 61.6 cm³/mol. The van der Waals surface area contributed by atoms with Gasteiger partial charge in [0, 0.05) is 13.1 Å². The van der Waals surface area contributed by atoms with E-state index in [4.69, 9.17) is 4.74 Å². The Morgan fingerprint density at radius 1 is 1.60 bits per heavy atom. The van der Waals surface area contributed by atoms with Crippen molar-refractivity contribution in [3.05, 3.63) is 12.3 Å². The highest BCUT2D eigenvalue weighted by molar-refractivity contribution is 4.84. The molecule has 1 aliphatic heterocycles. The fourth-order valence-electron chi connectivity index (χ4n) is 1.43. The average molecular weight is 213 g/mol. The molecule has 0 radical (unpaired) electrons. The van der Waals surface area contributed by atoms with Crippen molar-refractivity contribution in [1.29, 1.82) is 0 Å². The second-order valence-electron chi connectivity index (χ2n) is 4.85. The van der Waals surface area contributed by atoms with Gasteiger partial charge in [-0.15, -0.1) is 0 Å². The lowest BCUT2D eigenvalue weighted by molar-refractivity contribution is 0.0106. The molecule has 0 aliphatic carbocycles. The third-order valence-corrected chi connectivity index (χ3v) is 3.12. The van der Waals surface area contributed by atoms with Gasteiger partial charge in [-0.25, -0.2) is 0 Å². The maximum atomic E-state index is 10.0. The first kappa shape index (κ1) is 12.5. The minimum atomic E-state index is -0.634. The van der Waals surface area contributed by atoms with Crippen molar-refractivity contribution in [3.63, 3.8) is 0 Å². The molecule has 0 saturated heterocycles. The molecule has 1 rings (SSSR count). The van der Waals surface area contributed by atoms with Crippen LogP contribution in [-0.4, -0.2) is 29.9 Å². The van der Waals surface area contributed by atoms with Gasteiger partial charge in [-0.3, -0.25) is 0 Å². The third-order valence-electron chi connectivity index (χ3n) is 3.12. The lowest BCUT2D eigenvalue weighted by Crippen LogP contribution is -2.44. The number of nitrogens with one attached hydrogen (secondary N) is 1. The molecule has 0 fully saturated rings. The summed E-state index contributed by atoms with van der Waals surface area (Å²) in [5, 5.41) is 13.3. The molecule has 88 valence electrons. The first-order valence-corrected chi connectivity index (χ1v) is 5.76. The highest BCUT2D eigenvalue weighted by atomic mass is 16.5. The van der Waals surface area contributed by atoms with Crippen LogP contribution in [0.4, 0.5) is 0 Å². The molecule has 0 saturated carbocycles. The fourth-order valence-corrected chi connectivity index (χ4v) is 1.43. The van der Waals surface area contributed by atoms with Crippen molar-refractivity contribution < 1.29 is 9.84 Å². The number of rotatable bonds is 5. The molecule has 3 heteroatoms. The Labute approximate surface area is 92.5 Å². The summed E-state index contributed by atoms with van der Waals surface area (Å²) in [4.78, 5) is 0. The molecule has 0 aromatic rings. The van der Waals surface area contributed by atoms with Gasteiger partial charge >= 0.3 is 0 Å². The van der Waals surface area contributed by atoms with Gasteiger partial charge in [-0.2, -0.15) is 0 Å². The Kier molecular flexibility index (Phi) is 4.61. The van der Waals surface area contributed by atoms with Crippen LogP contribution >= 0.6 is 0 Å². The molecule has 15 heavy (non-hydrogen) atoms. The zero-order valence-electron chi connectivity index (χ0n) is 9.99. The normalized spacial score (nSPS) is 25.0. The predicted octanol–water partition coefficient (Wildman–Crippen LogP) is 1.68. The smallest absolute Gasteiger partial charge is 0.110 e. The minimum Gasteiger partial charge on any atom is -0.497 e. The van der Waals surface area contributed by atoms with Crippen LogP contribution in [0.2, 0.25) is 0 Å². The standard InChI is InChI=1S/C12H23NO2/c1-10(2)12(3,14)9-13-8-11-6-4-5-7-15-11/h5,7,10-11,13-14H,4,6,8-9H2,1-3H3. The van der Waals surface area contributed by atoms with E-state index < -0.39 is 5.60 Å².